The standard InChI is InChI=1S/C26H36N4O4S/c1-2-4-24(28)20-9-7-19(8-10-20)5-3-6-26(31)34-25-12-11-23(17-21(25)18-27)30(35(32)33)22-13-15-29-16-14-22/h7-12,17,22,28-29H,2-6,13-16,18,27H2,1H3,(H,32,33). The first kappa shape index (κ1) is 27.0. The van der Waals surface area contributed by atoms with Crippen LogP contribution in [0.2, 0.25) is 0 Å². The summed E-state index contributed by atoms with van der Waals surface area (Å²) in [4.78, 5) is 12.5. The molecule has 5 N–H and O–H groups in total. The number of ether oxygens (including phenoxy) is 1. The maximum absolute atomic E-state index is 12.5. The molecule has 1 heterocycles. The quantitative estimate of drug-likeness (QED) is 0.151. The molecule has 35 heavy (non-hydrogen) atoms. The number of benzene rings is 2. The van der Waals surface area contributed by atoms with E-state index in [2.05, 4.69) is 12.2 Å². The van der Waals surface area contributed by atoms with E-state index >= 15 is 0 Å². The van der Waals surface area contributed by atoms with E-state index in [4.69, 9.17) is 15.9 Å². The van der Waals surface area contributed by atoms with Crippen LogP contribution >= 0.6 is 0 Å². The molecule has 1 aliphatic heterocycles. The summed E-state index contributed by atoms with van der Waals surface area (Å²) in [5.74, 6) is 0.0451. The summed E-state index contributed by atoms with van der Waals surface area (Å²) in [6.07, 6.45) is 4.91. The van der Waals surface area contributed by atoms with Gasteiger partial charge >= 0.3 is 5.97 Å². The topological polar surface area (TPSA) is 129 Å². The molecule has 190 valence electrons. The Bertz CT molecular complexity index is 1020. The fourth-order valence-corrected chi connectivity index (χ4v) is 5.07. The van der Waals surface area contributed by atoms with Crippen LogP contribution in [0.3, 0.4) is 0 Å². The number of carbonyl (C=O) groups excluding carboxylic acids is 1. The average Bonchev–Trinajstić information content (AvgIpc) is 2.86. The fourth-order valence-electron chi connectivity index (χ4n) is 4.31. The van der Waals surface area contributed by atoms with Gasteiger partial charge in [-0.3, -0.25) is 13.7 Å². The third-order valence-corrected chi connectivity index (χ3v) is 7.05. The molecule has 9 heteroatoms. The molecule has 1 aliphatic rings. The number of anilines is 1. The van der Waals surface area contributed by atoms with E-state index in [0.29, 0.717) is 29.1 Å². The number of nitrogens with one attached hydrogen (secondary N) is 2. The minimum absolute atomic E-state index is 0.0487. The Morgan fingerprint density at radius 2 is 1.91 bits per heavy atom. The van der Waals surface area contributed by atoms with Crippen molar-refractivity contribution in [1.82, 2.24) is 5.32 Å². The van der Waals surface area contributed by atoms with Crippen molar-refractivity contribution < 1.29 is 18.3 Å². The van der Waals surface area contributed by atoms with Gasteiger partial charge in [0.05, 0.1) is 5.69 Å². The smallest absolute Gasteiger partial charge is 0.311 e. The van der Waals surface area contributed by atoms with Gasteiger partial charge in [0.25, 0.3) is 11.3 Å². The second kappa shape index (κ2) is 13.5. The highest BCUT2D eigenvalue weighted by Gasteiger charge is 2.26. The third kappa shape index (κ3) is 7.70. The van der Waals surface area contributed by atoms with E-state index in [-0.39, 0.29) is 25.0 Å². The molecule has 0 aliphatic carbocycles. The largest absolute Gasteiger partial charge is 0.426 e. The lowest BCUT2D eigenvalue weighted by molar-refractivity contribution is -0.134. The Kier molecular flexibility index (Phi) is 10.4. The van der Waals surface area contributed by atoms with Crippen LogP contribution in [0.1, 0.15) is 62.1 Å². The zero-order valence-corrected chi connectivity index (χ0v) is 21.1. The van der Waals surface area contributed by atoms with Gasteiger partial charge in [0.15, 0.2) is 0 Å². The summed E-state index contributed by atoms with van der Waals surface area (Å²) in [6, 6.07) is 13.0. The molecular weight excluding hydrogens is 464 g/mol. The molecule has 0 aromatic heterocycles. The van der Waals surface area contributed by atoms with E-state index < -0.39 is 11.3 Å². The highest BCUT2D eigenvalue weighted by Crippen LogP contribution is 2.29. The van der Waals surface area contributed by atoms with Gasteiger partial charge in [0.1, 0.15) is 5.75 Å². The van der Waals surface area contributed by atoms with Gasteiger partial charge in [-0.15, -0.1) is 0 Å². The summed E-state index contributed by atoms with van der Waals surface area (Å²) < 4.78 is 29.1. The highest BCUT2D eigenvalue weighted by atomic mass is 32.2. The van der Waals surface area contributed by atoms with Crippen LogP contribution in [0, 0.1) is 5.41 Å². The van der Waals surface area contributed by atoms with E-state index in [1.807, 2.05) is 24.3 Å². The van der Waals surface area contributed by atoms with Crippen LogP contribution in [-0.4, -0.2) is 39.6 Å². The molecule has 1 unspecified atom stereocenters. The zero-order chi connectivity index (χ0) is 25.2. The van der Waals surface area contributed by atoms with Crippen molar-refractivity contribution in [2.45, 2.75) is 64.5 Å². The molecule has 0 saturated carbocycles. The molecule has 0 amide bonds. The first-order valence-electron chi connectivity index (χ1n) is 12.2. The second-order valence-corrected chi connectivity index (χ2v) is 9.64. The number of nitrogens with two attached hydrogens (primary N) is 1. The van der Waals surface area contributed by atoms with Crippen LogP contribution < -0.4 is 20.1 Å². The average molecular weight is 501 g/mol. The van der Waals surface area contributed by atoms with E-state index in [1.54, 1.807) is 18.2 Å². The van der Waals surface area contributed by atoms with Gasteiger partial charge in [-0.1, -0.05) is 37.6 Å². The van der Waals surface area contributed by atoms with Crippen molar-refractivity contribution in [2.24, 2.45) is 5.73 Å². The highest BCUT2D eigenvalue weighted by molar-refractivity contribution is 7.80. The molecule has 3 rings (SSSR count). The minimum Gasteiger partial charge on any atom is -0.426 e. The lowest BCUT2D eigenvalue weighted by Gasteiger charge is -2.33. The molecule has 2 aromatic rings. The molecule has 1 fully saturated rings. The van der Waals surface area contributed by atoms with Crippen molar-refractivity contribution in [2.75, 3.05) is 17.4 Å². The molecule has 1 atom stereocenters. The first-order chi connectivity index (χ1) is 16.9. The van der Waals surface area contributed by atoms with Crippen LogP contribution in [0.4, 0.5) is 5.69 Å². The van der Waals surface area contributed by atoms with Gasteiger partial charge in [0.2, 0.25) is 0 Å². The number of hydrogen-bond acceptors (Lipinski definition) is 6. The lowest BCUT2D eigenvalue weighted by Crippen LogP contribution is -2.44. The number of esters is 1. The second-order valence-electron chi connectivity index (χ2n) is 8.79. The van der Waals surface area contributed by atoms with Crippen LogP contribution in [-0.2, 0) is 29.0 Å². The van der Waals surface area contributed by atoms with Crippen LogP contribution in [0.5, 0.6) is 5.75 Å². The predicted molar refractivity (Wildman–Crippen MR) is 140 cm³/mol. The van der Waals surface area contributed by atoms with Gasteiger partial charge in [0, 0.05) is 30.3 Å². The van der Waals surface area contributed by atoms with Gasteiger partial charge in [-0.2, -0.15) is 0 Å². The Labute approximate surface area is 210 Å². The number of aryl methyl sites for hydroxylation is 1. The molecule has 0 spiro atoms. The summed E-state index contributed by atoms with van der Waals surface area (Å²) in [5, 5.41) is 11.3. The minimum atomic E-state index is -2.16. The summed E-state index contributed by atoms with van der Waals surface area (Å²) in [7, 11) is 0. The molecular formula is C26H36N4O4S. The normalized spacial score (nSPS) is 14.9. The monoisotopic (exact) mass is 500 g/mol. The Hall–Kier alpha value is -2.59. The lowest BCUT2D eigenvalue weighted by atomic mass is 10.0. The Balaban J connectivity index is 1.56. The predicted octanol–water partition coefficient (Wildman–Crippen LogP) is 3.94. The van der Waals surface area contributed by atoms with Crippen LogP contribution in [0.15, 0.2) is 42.5 Å². The van der Waals surface area contributed by atoms with Crippen molar-refractivity contribution in [3.63, 3.8) is 0 Å². The number of hydrogen-bond donors (Lipinski definition) is 4. The van der Waals surface area contributed by atoms with Gasteiger partial charge in [-0.25, -0.2) is 4.21 Å². The number of carbonyl (C=O) groups is 1. The molecule has 2 aromatic carbocycles. The van der Waals surface area contributed by atoms with E-state index in [0.717, 1.165) is 56.3 Å². The summed E-state index contributed by atoms with van der Waals surface area (Å²) >= 11 is -2.16. The number of rotatable bonds is 12. The Morgan fingerprint density at radius 1 is 1.20 bits per heavy atom. The molecule has 0 radical (unpaired) electrons. The molecule has 1 saturated heterocycles. The maximum Gasteiger partial charge on any atom is 0.311 e. The number of nitrogens with zero attached hydrogens (tertiary/aromatic N) is 1. The SMILES string of the molecule is CCCC(=N)c1ccc(CCCC(=O)Oc2ccc(N(C3CCNCC3)S(=O)O)cc2CN)cc1. The fraction of sp³-hybridized carbons (Fsp3) is 0.462. The van der Waals surface area contributed by atoms with Crippen molar-refractivity contribution in [3.8, 4) is 5.75 Å². The summed E-state index contributed by atoms with van der Waals surface area (Å²) in [6.45, 7) is 3.80. The van der Waals surface area contributed by atoms with Gasteiger partial charge < -0.3 is 21.2 Å². The zero-order valence-electron chi connectivity index (χ0n) is 20.3. The first-order valence-corrected chi connectivity index (χ1v) is 13.3. The van der Waals surface area contributed by atoms with E-state index in [9.17, 15) is 13.6 Å². The number of piperidine rings is 1. The van der Waals surface area contributed by atoms with Crippen molar-refractivity contribution in [3.05, 3.63) is 59.2 Å². The van der Waals surface area contributed by atoms with Crippen molar-refractivity contribution >= 4 is 28.6 Å². The maximum atomic E-state index is 12.5. The molecule has 8 nitrogen and oxygen atoms in total. The summed E-state index contributed by atoms with van der Waals surface area (Å²) in [5.41, 5.74) is 9.82. The molecule has 0 bridgehead atoms. The van der Waals surface area contributed by atoms with Crippen LogP contribution in [0.25, 0.3) is 0 Å². The third-order valence-electron chi connectivity index (χ3n) is 6.20. The van der Waals surface area contributed by atoms with Gasteiger partial charge in [-0.05, 0) is 74.5 Å². The Morgan fingerprint density at radius 3 is 2.54 bits per heavy atom. The van der Waals surface area contributed by atoms with Crippen molar-refractivity contribution in [1.29, 1.82) is 5.41 Å². The van der Waals surface area contributed by atoms with E-state index in [1.165, 1.54) is 4.31 Å².